The van der Waals surface area contributed by atoms with Crippen LogP contribution in [0.4, 0.5) is 5.82 Å². The molecular weight excluding hydrogens is 1200 g/mol. The predicted molar refractivity (Wildman–Crippen MR) is 334 cm³/mol. The summed E-state index contributed by atoms with van der Waals surface area (Å²) in [6.07, 6.45) is 25.7. The molecule has 26 heteroatoms. The van der Waals surface area contributed by atoms with E-state index in [0.29, 0.717) is 78.5 Å². The van der Waals surface area contributed by atoms with E-state index >= 15 is 0 Å². The maximum Gasteiger partial charge on any atom is 0.283 e. The van der Waals surface area contributed by atoms with E-state index in [2.05, 4.69) is 72.7 Å². The van der Waals surface area contributed by atoms with E-state index < -0.39 is 31.9 Å². The minimum Gasteiger partial charge on any atom is -0.477 e. The van der Waals surface area contributed by atoms with Crippen LogP contribution in [0.5, 0.6) is 11.8 Å². The van der Waals surface area contributed by atoms with Crippen LogP contribution in [0.25, 0.3) is 11.6 Å². The summed E-state index contributed by atoms with van der Waals surface area (Å²) in [6.45, 7) is 16.3. The molecule has 13 rings (SSSR count). The Morgan fingerprint density at radius 2 is 1.39 bits per heavy atom. The third kappa shape index (κ3) is 15.0. The zero-order valence-corrected chi connectivity index (χ0v) is 54.4. The van der Waals surface area contributed by atoms with E-state index in [1.165, 1.54) is 62.1 Å². The number of sulfonamides is 2. The highest BCUT2D eigenvalue weighted by molar-refractivity contribution is 7.90. The normalized spacial score (nSPS) is 21.2. The van der Waals surface area contributed by atoms with Crippen LogP contribution in [0.15, 0.2) is 71.2 Å². The Morgan fingerprint density at radius 3 is 1.97 bits per heavy atom. The molecule has 2 unspecified atom stereocenters. The van der Waals surface area contributed by atoms with Gasteiger partial charge in [-0.05, 0) is 222 Å². The van der Waals surface area contributed by atoms with E-state index in [1.807, 2.05) is 12.3 Å². The van der Waals surface area contributed by atoms with Crippen molar-refractivity contribution in [1.29, 1.82) is 0 Å². The zero-order valence-electron chi connectivity index (χ0n) is 51.2. The first-order valence-corrected chi connectivity index (χ1v) is 34.7. The highest BCUT2D eigenvalue weighted by atomic mass is 35.5. The molecule has 0 aromatic carbocycles. The number of nitrogens with zero attached hydrogens (tertiary/aromatic N) is 11. The second-order valence-electron chi connectivity index (χ2n) is 26.9. The molecule has 88 heavy (non-hydrogen) atoms. The molecule has 4 bridgehead atoms. The van der Waals surface area contributed by atoms with Crippen molar-refractivity contribution < 1.29 is 35.9 Å². The fourth-order valence-electron chi connectivity index (χ4n) is 13.8. The number of fused-ring (bicyclic) bond motifs is 6. The Hall–Kier alpha value is -6.08. The number of rotatable bonds is 21. The molecule has 476 valence electrons. The van der Waals surface area contributed by atoms with Crippen molar-refractivity contribution in [2.75, 3.05) is 31.2 Å². The summed E-state index contributed by atoms with van der Waals surface area (Å²) < 4.78 is 75.5. The van der Waals surface area contributed by atoms with Crippen LogP contribution in [0, 0.1) is 61.2 Å². The molecule has 4 aliphatic carbocycles. The number of anilines is 1. The number of hydrogen-bond acceptors (Lipinski definition) is 16. The smallest absolute Gasteiger partial charge is 0.283 e. The van der Waals surface area contributed by atoms with Crippen LogP contribution in [0.3, 0.4) is 0 Å². The summed E-state index contributed by atoms with van der Waals surface area (Å²) in [5.41, 5.74) is 0.973. The van der Waals surface area contributed by atoms with Crippen molar-refractivity contribution in [2.45, 2.75) is 178 Å². The summed E-state index contributed by atoms with van der Waals surface area (Å²) in [7, 11) is -8.41. The van der Waals surface area contributed by atoms with Gasteiger partial charge in [-0.15, -0.1) is 22.6 Å². The van der Waals surface area contributed by atoms with Crippen LogP contribution in [0.2, 0.25) is 5.15 Å². The van der Waals surface area contributed by atoms with Crippen molar-refractivity contribution in [3.63, 3.8) is 0 Å². The molecule has 3 aliphatic heterocycles. The number of ether oxygens (including phenoxy) is 2. The second kappa shape index (κ2) is 25.7. The minimum atomic E-state index is -4.23. The Kier molecular flexibility index (Phi) is 18.5. The molecule has 6 aromatic heterocycles. The van der Waals surface area contributed by atoms with Crippen molar-refractivity contribution in [1.82, 2.24) is 63.9 Å². The number of pyridine rings is 2. The molecule has 6 fully saturated rings. The van der Waals surface area contributed by atoms with Crippen molar-refractivity contribution in [2.24, 2.45) is 47.3 Å². The first kappa shape index (κ1) is 63.5. The van der Waals surface area contributed by atoms with Gasteiger partial charge in [-0.2, -0.15) is 27.0 Å². The van der Waals surface area contributed by atoms with Crippen LogP contribution in [0.1, 0.15) is 162 Å². The van der Waals surface area contributed by atoms with Crippen LogP contribution in [-0.4, -0.2) is 115 Å². The molecule has 6 aromatic rings. The number of carbonyl (C=O) groups excluding carboxylic acids is 2. The lowest BCUT2D eigenvalue weighted by molar-refractivity contribution is 0.0972. The maximum atomic E-state index is 13.6. The highest BCUT2D eigenvalue weighted by Crippen LogP contribution is 2.52. The first-order chi connectivity index (χ1) is 41.5. The van der Waals surface area contributed by atoms with E-state index in [4.69, 9.17) is 26.1 Å². The van der Waals surface area contributed by atoms with Gasteiger partial charge in [0, 0.05) is 78.8 Å². The quantitative estimate of drug-likeness (QED) is 0.0567. The van der Waals surface area contributed by atoms with E-state index in [0.717, 1.165) is 100.0 Å². The van der Waals surface area contributed by atoms with Crippen molar-refractivity contribution >= 4 is 61.7 Å². The van der Waals surface area contributed by atoms with Crippen molar-refractivity contribution in [3.05, 3.63) is 88.6 Å². The van der Waals surface area contributed by atoms with Gasteiger partial charge in [0.15, 0.2) is 21.7 Å². The second-order valence-corrected chi connectivity index (χ2v) is 30.5. The fraction of sp³-hybridized carbons (Fsp3) is 0.613. The van der Waals surface area contributed by atoms with E-state index in [1.54, 1.807) is 70.7 Å². The summed E-state index contributed by atoms with van der Waals surface area (Å²) in [6, 6.07) is 9.93. The van der Waals surface area contributed by atoms with Crippen LogP contribution < -0.4 is 29.1 Å². The predicted octanol–water partition coefficient (Wildman–Crippen LogP) is 9.83. The average molecular weight is 1290 g/mol. The fourth-order valence-corrected chi connectivity index (χ4v) is 16.4. The van der Waals surface area contributed by atoms with Gasteiger partial charge in [0.05, 0.1) is 24.3 Å². The monoisotopic (exact) mass is 1290 g/mol. The molecule has 0 radical (unpaired) electrons. The summed E-state index contributed by atoms with van der Waals surface area (Å²) in [5, 5.41) is 20.7. The van der Waals surface area contributed by atoms with Gasteiger partial charge >= 0.3 is 0 Å². The summed E-state index contributed by atoms with van der Waals surface area (Å²) >= 11 is 6.35. The summed E-state index contributed by atoms with van der Waals surface area (Å²) in [5.74, 6) is 6.89. The van der Waals surface area contributed by atoms with Gasteiger partial charge in [-0.3, -0.25) is 19.0 Å². The third-order valence-corrected chi connectivity index (χ3v) is 21.8. The lowest BCUT2D eigenvalue weighted by Crippen LogP contribution is -2.41. The molecule has 22 nitrogen and oxygen atoms in total. The Morgan fingerprint density at radius 1 is 0.784 bits per heavy atom. The molecule has 0 spiro atoms. The van der Waals surface area contributed by atoms with Crippen LogP contribution in [-0.2, 0) is 33.1 Å². The molecule has 4 saturated carbocycles. The minimum absolute atomic E-state index is 0. The molecule has 7 aliphatic rings. The zero-order chi connectivity index (χ0) is 61.0. The third-order valence-electron chi connectivity index (χ3n) is 18.7. The van der Waals surface area contributed by atoms with Crippen molar-refractivity contribution in [3.8, 4) is 23.4 Å². The maximum absolute atomic E-state index is 13.6. The molecule has 9 heterocycles. The molecule has 2 saturated heterocycles. The Labute approximate surface area is 527 Å². The number of nitrogens with one attached hydrogen (secondary N) is 3. The number of aryl methyl sites for hydroxylation is 4. The number of carbonyl (C=O) groups is 2. The molecular formula is C62H84Cl2N14O8S2. The Bertz CT molecular complexity index is 3710. The van der Waals surface area contributed by atoms with Gasteiger partial charge in [0.25, 0.3) is 31.9 Å². The van der Waals surface area contributed by atoms with E-state index in [9.17, 15) is 26.4 Å². The van der Waals surface area contributed by atoms with Gasteiger partial charge in [0.2, 0.25) is 11.8 Å². The lowest BCUT2D eigenvalue weighted by Gasteiger charge is -2.34. The standard InChI is InChI=1S/C31H42ClN7O4S.C31H41N7O4S.ClH/c1-20-19-38(14-4-5-21-17-31(2,3)33-18-21)36-30(20)44(41,42)37-29(40)25-10-11-26(34-28(25)32)39-15-12-27(35-39)43-16-13-24(22-6-7-22)23-8-9-23;1-20-18-36-14-4-5-21-17-31(2,3)37(19-21)28-25(29(39)35-43(40,41)30(20)34-36)10-11-26(32-28)38-15-12-27(33-38)42-16-13-24(22-6-7-22)23-8-9-23;/h10-12,15,19,21-24,33H,4-9,13-14,16-18H2,1-3H3,(H,37,40);10-12,15,18,21-24H,4-9,13-14,16-17,19H2,1-3H3,(H,35,39);1H. The Balaban J connectivity index is 0.000000180. The molecule has 2 atom stereocenters. The van der Waals surface area contributed by atoms with Gasteiger partial charge in [-0.25, -0.2) is 28.8 Å². The first-order valence-electron chi connectivity index (χ1n) is 31.3. The van der Waals surface area contributed by atoms with E-state index in [-0.39, 0.29) is 49.8 Å². The van der Waals surface area contributed by atoms with Gasteiger partial charge in [-0.1, -0.05) is 11.6 Å². The van der Waals surface area contributed by atoms with Gasteiger partial charge in [0.1, 0.15) is 11.0 Å². The molecule has 2 amide bonds. The lowest BCUT2D eigenvalue weighted by atomic mass is 9.93. The topological polar surface area (TPSA) is 257 Å². The number of aromatic nitrogens is 10. The van der Waals surface area contributed by atoms with Gasteiger partial charge < -0.3 is 19.7 Å². The largest absolute Gasteiger partial charge is 0.477 e. The van der Waals surface area contributed by atoms with Crippen LogP contribution >= 0.6 is 24.0 Å². The summed E-state index contributed by atoms with van der Waals surface area (Å²) in [4.78, 5) is 37.9. The molecule has 3 N–H and O–H groups in total. The number of amides is 2. The highest BCUT2D eigenvalue weighted by Gasteiger charge is 2.44. The average Bonchev–Trinajstić information content (AvgIpc) is 2.79. The SMILES string of the molecule is Cc1cn(CCCC2CNC(C)(C)C2)nc1S(=O)(=O)NC(=O)c1ccc(-n2ccc(OCCC(C3CC3)C3CC3)n2)nc1Cl.Cc1cn2nc1S(=O)(=O)NC(=O)c1ccc(-n3ccc(OCCC(C4CC4)C4CC4)n3)nc1N1CC(CCC2)CC1(C)C.Cl. The number of halogens is 2. The number of hydrogen-bond donors (Lipinski definition) is 3.